The average Bonchev–Trinajstić information content (AvgIpc) is 3.35. The van der Waals surface area contributed by atoms with E-state index in [1.807, 2.05) is 24.3 Å². The summed E-state index contributed by atoms with van der Waals surface area (Å²) in [6.07, 6.45) is 3.92. The van der Waals surface area contributed by atoms with Crippen molar-refractivity contribution in [2.24, 2.45) is 0 Å². The number of hydrogen-bond donors (Lipinski definition) is 0. The van der Waals surface area contributed by atoms with Crippen LogP contribution in [-0.2, 0) is 22.5 Å². The second-order valence-electron chi connectivity index (χ2n) is 5.99. The zero-order valence-corrected chi connectivity index (χ0v) is 15.8. The lowest BCUT2D eigenvalue weighted by molar-refractivity contribution is -0.132. The Morgan fingerprint density at radius 1 is 1.26 bits per heavy atom. The van der Waals surface area contributed by atoms with Gasteiger partial charge in [0, 0.05) is 32.1 Å². The zero-order chi connectivity index (χ0) is 19.1. The third kappa shape index (κ3) is 5.21. The van der Waals surface area contributed by atoms with Crippen molar-refractivity contribution < 1.29 is 18.4 Å². The van der Waals surface area contributed by atoms with E-state index < -0.39 is 0 Å². The molecule has 2 aromatic heterocycles. The molecule has 0 bridgehead atoms. The van der Waals surface area contributed by atoms with E-state index in [1.54, 1.807) is 36.6 Å². The van der Waals surface area contributed by atoms with Crippen LogP contribution in [0.25, 0.3) is 11.3 Å². The van der Waals surface area contributed by atoms with E-state index in [2.05, 4.69) is 4.98 Å². The van der Waals surface area contributed by atoms with Crippen LogP contribution in [0.3, 0.4) is 0 Å². The van der Waals surface area contributed by atoms with Crippen LogP contribution >= 0.6 is 11.6 Å². The summed E-state index contributed by atoms with van der Waals surface area (Å²) in [5, 5.41) is 0.598. The SMILES string of the molecule is COCCN(Cc1ccco1)C(=O)CCc1ncc(-c2ccccc2Cl)o1. The molecular weight excluding hydrogens is 368 g/mol. The van der Waals surface area contributed by atoms with Crippen LogP contribution in [0, 0.1) is 0 Å². The van der Waals surface area contributed by atoms with Gasteiger partial charge < -0.3 is 18.5 Å². The first-order chi connectivity index (χ1) is 13.2. The van der Waals surface area contributed by atoms with Crippen molar-refractivity contribution in [2.45, 2.75) is 19.4 Å². The molecule has 0 saturated carbocycles. The van der Waals surface area contributed by atoms with Crippen LogP contribution in [-0.4, -0.2) is 36.1 Å². The number of carbonyl (C=O) groups excluding carboxylic acids is 1. The average molecular weight is 389 g/mol. The molecule has 0 radical (unpaired) electrons. The number of nitrogens with zero attached hydrogens (tertiary/aromatic N) is 2. The van der Waals surface area contributed by atoms with Crippen molar-refractivity contribution in [3.05, 3.63) is 65.5 Å². The van der Waals surface area contributed by atoms with Gasteiger partial charge in [0.1, 0.15) is 5.76 Å². The Morgan fingerprint density at radius 3 is 2.85 bits per heavy atom. The lowest BCUT2D eigenvalue weighted by Crippen LogP contribution is -2.33. The van der Waals surface area contributed by atoms with Crippen LogP contribution in [0.1, 0.15) is 18.1 Å². The first-order valence-corrected chi connectivity index (χ1v) is 9.04. The van der Waals surface area contributed by atoms with E-state index in [1.165, 1.54) is 0 Å². The highest BCUT2D eigenvalue weighted by molar-refractivity contribution is 6.33. The minimum atomic E-state index is -0.0130. The normalized spacial score (nSPS) is 10.9. The largest absolute Gasteiger partial charge is 0.467 e. The fourth-order valence-corrected chi connectivity index (χ4v) is 2.90. The molecule has 0 N–H and O–H groups in total. The summed E-state index contributed by atoms with van der Waals surface area (Å²) in [6, 6.07) is 11.1. The number of hydrogen-bond acceptors (Lipinski definition) is 5. The Hall–Kier alpha value is -2.57. The van der Waals surface area contributed by atoms with Crippen molar-refractivity contribution in [1.82, 2.24) is 9.88 Å². The standard InChI is InChI=1S/C20H21ClN2O4/c1-25-12-10-23(14-15-5-4-11-26-15)20(24)9-8-19-22-13-18(27-19)16-6-2-3-7-17(16)21/h2-7,11,13H,8-10,12,14H2,1H3. The lowest BCUT2D eigenvalue weighted by Gasteiger charge is -2.21. The number of rotatable bonds is 9. The van der Waals surface area contributed by atoms with Gasteiger partial charge in [-0.3, -0.25) is 4.79 Å². The maximum Gasteiger partial charge on any atom is 0.223 e. The molecule has 0 fully saturated rings. The van der Waals surface area contributed by atoms with Gasteiger partial charge in [0.2, 0.25) is 5.91 Å². The molecule has 0 atom stereocenters. The summed E-state index contributed by atoms with van der Waals surface area (Å²) in [7, 11) is 1.61. The molecule has 3 rings (SSSR count). The number of oxazole rings is 1. The molecule has 2 heterocycles. The Morgan fingerprint density at radius 2 is 2.11 bits per heavy atom. The Bertz CT molecular complexity index is 861. The van der Waals surface area contributed by atoms with Crippen molar-refractivity contribution >= 4 is 17.5 Å². The van der Waals surface area contributed by atoms with Gasteiger partial charge in [-0.1, -0.05) is 23.7 Å². The Balaban J connectivity index is 1.60. The first-order valence-electron chi connectivity index (χ1n) is 8.66. The monoisotopic (exact) mass is 388 g/mol. The summed E-state index contributed by atoms with van der Waals surface area (Å²) in [6.45, 7) is 1.36. The van der Waals surface area contributed by atoms with Gasteiger partial charge in [0.15, 0.2) is 11.7 Å². The molecule has 0 saturated heterocycles. The molecule has 0 unspecified atom stereocenters. The quantitative estimate of drug-likeness (QED) is 0.549. The van der Waals surface area contributed by atoms with Gasteiger partial charge >= 0.3 is 0 Å². The van der Waals surface area contributed by atoms with E-state index in [4.69, 9.17) is 25.2 Å². The number of carbonyl (C=O) groups is 1. The van der Waals surface area contributed by atoms with Crippen molar-refractivity contribution in [3.8, 4) is 11.3 Å². The van der Waals surface area contributed by atoms with E-state index in [0.29, 0.717) is 42.8 Å². The molecule has 0 aliphatic heterocycles. The Kier molecular flexibility index (Phi) is 6.68. The summed E-state index contributed by atoms with van der Waals surface area (Å²) in [5.41, 5.74) is 0.781. The van der Waals surface area contributed by atoms with Gasteiger partial charge in [-0.25, -0.2) is 4.98 Å². The number of methoxy groups -OCH3 is 1. The van der Waals surface area contributed by atoms with Gasteiger partial charge in [0.05, 0.1) is 30.6 Å². The summed E-state index contributed by atoms with van der Waals surface area (Å²) < 4.78 is 16.2. The Labute approximate surface area is 162 Å². The highest BCUT2D eigenvalue weighted by Crippen LogP contribution is 2.28. The predicted molar refractivity (Wildman–Crippen MR) is 101 cm³/mol. The maximum atomic E-state index is 12.6. The van der Waals surface area contributed by atoms with Crippen molar-refractivity contribution in [3.63, 3.8) is 0 Å². The van der Waals surface area contributed by atoms with Crippen LogP contribution in [0.15, 0.2) is 57.7 Å². The van der Waals surface area contributed by atoms with Crippen molar-refractivity contribution in [2.75, 3.05) is 20.3 Å². The second kappa shape index (κ2) is 9.39. The minimum absolute atomic E-state index is 0.0130. The smallest absolute Gasteiger partial charge is 0.223 e. The molecule has 0 aliphatic rings. The molecule has 3 aromatic rings. The summed E-state index contributed by atoms with van der Waals surface area (Å²) in [5.74, 6) is 1.82. The topological polar surface area (TPSA) is 68.7 Å². The van der Waals surface area contributed by atoms with E-state index in [0.717, 1.165) is 11.3 Å². The molecule has 142 valence electrons. The molecule has 27 heavy (non-hydrogen) atoms. The van der Waals surface area contributed by atoms with Gasteiger partial charge in [-0.2, -0.15) is 0 Å². The van der Waals surface area contributed by atoms with E-state index in [-0.39, 0.29) is 12.3 Å². The van der Waals surface area contributed by atoms with Gasteiger partial charge in [0.25, 0.3) is 0 Å². The third-order valence-corrected chi connectivity index (χ3v) is 4.42. The highest BCUT2D eigenvalue weighted by Gasteiger charge is 2.17. The summed E-state index contributed by atoms with van der Waals surface area (Å²) in [4.78, 5) is 18.6. The molecule has 7 heteroatoms. The van der Waals surface area contributed by atoms with Crippen LogP contribution in [0.4, 0.5) is 0 Å². The predicted octanol–water partition coefficient (Wildman–Crippen LogP) is 4.20. The molecule has 1 amide bonds. The molecular formula is C20H21ClN2O4. The number of ether oxygens (including phenoxy) is 1. The number of aromatic nitrogens is 1. The van der Waals surface area contributed by atoms with E-state index in [9.17, 15) is 4.79 Å². The number of amides is 1. The molecule has 1 aromatic carbocycles. The van der Waals surface area contributed by atoms with Crippen LogP contribution in [0.2, 0.25) is 5.02 Å². The minimum Gasteiger partial charge on any atom is -0.467 e. The van der Waals surface area contributed by atoms with Crippen LogP contribution in [0.5, 0.6) is 0 Å². The molecule has 0 aliphatic carbocycles. The van der Waals surface area contributed by atoms with Gasteiger partial charge in [-0.15, -0.1) is 0 Å². The van der Waals surface area contributed by atoms with Gasteiger partial charge in [-0.05, 0) is 24.3 Å². The van der Waals surface area contributed by atoms with E-state index >= 15 is 0 Å². The number of benzene rings is 1. The maximum absolute atomic E-state index is 12.6. The summed E-state index contributed by atoms with van der Waals surface area (Å²) >= 11 is 6.18. The molecule has 0 spiro atoms. The molecule has 6 nitrogen and oxygen atoms in total. The zero-order valence-electron chi connectivity index (χ0n) is 15.1. The number of furan rings is 1. The van der Waals surface area contributed by atoms with Crippen LogP contribution < -0.4 is 0 Å². The first kappa shape index (κ1) is 19.2. The number of aryl methyl sites for hydroxylation is 1. The third-order valence-electron chi connectivity index (χ3n) is 4.09. The second-order valence-corrected chi connectivity index (χ2v) is 6.39. The number of halogens is 1. The fraction of sp³-hybridized carbons (Fsp3) is 0.300. The highest BCUT2D eigenvalue weighted by atomic mass is 35.5. The van der Waals surface area contributed by atoms with Crippen molar-refractivity contribution in [1.29, 1.82) is 0 Å². The fourth-order valence-electron chi connectivity index (χ4n) is 2.67. The lowest BCUT2D eigenvalue weighted by atomic mass is 10.2.